The van der Waals surface area contributed by atoms with Gasteiger partial charge in [0.2, 0.25) is 0 Å². The molecule has 2 aliphatic rings. The quantitative estimate of drug-likeness (QED) is 0.631. The first-order valence-corrected chi connectivity index (χ1v) is 12.1. The van der Waals surface area contributed by atoms with Crippen LogP contribution in [0.4, 0.5) is 13.2 Å². The number of aromatic amines is 1. The van der Waals surface area contributed by atoms with Crippen molar-refractivity contribution < 1.29 is 22.6 Å². The van der Waals surface area contributed by atoms with Crippen LogP contribution in [-0.2, 0) is 10.5 Å². The number of halogens is 3. The molecule has 32 heavy (non-hydrogen) atoms. The Balaban J connectivity index is 1.38. The van der Waals surface area contributed by atoms with Crippen molar-refractivity contribution in [2.75, 3.05) is 39.5 Å². The van der Waals surface area contributed by atoms with Gasteiger partial charge in [-0.15, -0.1) is 0 Å². The van der Waals surface area contributed by atoms with Gasteiger partial charge in [0.05, 0.1) is 24.4 Å². The number of nitrogens with one attached hydrogen (secondary N) is 1. The summed E-state index contributed by atoms with van der Waals surface area (Å²) in [6, 6.07) is 2.81. The summed E-state index contributed by atoms with van der Waals surface area (Å²) in [4.78, 5) is 21.4. The molecular weight excluding hydrogens is 443 g/mol. The van der Waals surface area contributed by atoms with Crippen molar-refractivity contribution in [1.82, 2.24) is 14.9 Å². The molecule has 3 heterocycles. The maximum atomic E-state index is 14.6. The fourth-order valence-electron chi connectivity index (χ4n) is 4.18. The van der Waals surface area contributed by atoms with E-state index in [1.165, 1.54) is 6.07 Å². The van der Waals surface area contributed by atoms with E-state index in [0.717, 1.165) is 38.9 Å². The molecule has 0 saturated carbocycles. The van der Waals surface area contributed by atoms with Gasteiger partial charge in [-0.1, -0.05) is 0 Å². The molecule has 0 amide bonds. The summed E-state index contributed by atoms with van der Waals surface area (Å²) in [6.45, 7) is 2.89. The van der Waals surface area contributed by atoms with Gasteiger partial charge in [-0.25, -0.2) is 18.2 Å². The molecule has 0 radical (unpaired) electrons. The normalized spacial score (nSPS) is 19.1. The van der Waals surface area contributed by atoms with E-state index in [0.29, 0.717) is 42.3 Å². The van der Waals surface area contributed by atoms with E-state index in [1.54, 1.807) is 22.7 Å². The largest absolute Gasteiger partial charge is 0.493 e. The fourth-order valence-corrected chi connectivity index (χ4v) is 5.24. The Kier molecular flexibility index (Phi) is 7.96. The van der Waals surface area contributed by atoms with Crippen LogP contribution in [0.5, 0.6) is 5.75 Å². The van der Waals surface area contributed by atoms with E-state index in [-0.39, 0.29) is 23.4 Å². The lowest BCUT2D eigenvalue weighted by atomic mass is 9.98. The minimum Gasteiger partial charge on any atom is -0.493 e. The van der Waals surface area contributed by atoms with Crippen molar-refractivity contribution in [2.24, 2.45) is 5.92 Å². The summed E-state index contributed by atoms with van der Waals surface area (Å²) in [5, 5.41) is 0.390. The lowest BCUT2D eigenvalue weighted by molar-refractivity contribution is 0.0620. The van der Waals surface area contributed by atoms with Gasteiger partial charge in [0.25, 0.3) is 12.0 Å². The lowest BCUT2D eigenvalue weighted by Crippen LogP contribution is -2.38. The molecule has 1 N–H and O–H groups in total. The van der Waals surface area contributed by atoms with Crippen LogP contribution >= 0.6 is 11.8 Å². The number of ether oxygens (including phenoxy) is 2. The van der Waals surface area contributed by atoms with Crippen molar-refractivity contribution in [3.8, 4) is 5.75 Å². The van der Waals surface area contributed by atoms with Crippen LogP contribution in [0.15, 0.2) is 16.9 Å². The SMILES string of the molecule is O=c1[nH]c(CSC2CCOCC2)nc2cc(OCC3CCN(CC(F)F)CC3)cc(F)c12. The summed E-state index contributed by atoms with van der Waals surface area (Å²) in [5.74, 6) is 0.940. The van der Waals surface area contributed by atoms with E-state index in [4.69, 9.17) is 9.47 Å². The van der Waals surface area contributed by atoms with Crippen molar-refractivity contribution in [1.29, 1.82) is 0 Å². The summed E-state index contributed by atoms with van der Waals surface area (Å²) < 4.78 is 50.8. The molecule has 0 unspecified atom stereocenters. The molecule has 0 spiro atoms. The average molecular weight is 472 g/mol. The zero-order chi connectivity index (χ0) is 22.5. The zero-order valence-corrected chi connectivity index (χ0v) is 18.6. The van der Waals surface area contributed by atoms with Gasteiger partial charge in [-0.2, -0.15) is 11.8 Å². The van der Waals surface area contributed by atoms with Gasteiger partial charge < -0.3 is 14.5 Å². The van der Waals surface area contributed by atoms with Crippen molar-refractivity contribution in [3.05, 3.63) is 34.1 Å². The molecule has 1 aromatic heterocycles. The van der Waals surface area contributed by atoms with E-state index in [1.807, 2.05) is 0 Å². The number of benzene rings is 1. The standard InChI is InChI=1S/C22H28F3N3O3S/c23-17-9-15(31-12-14-1-5-28(6-2-14)11-19(24)25)10-18-21(17)22(29)27-20(26-18)13-32-16-3-7-30-8-4-16/h9-10,14,16,19H,1-8,11-13H2,(H,26,27,29). The molecule has 0 atom stereocenters. The van der Waals surface area contributed by atoms with Crippen LogP contribution < -0.4 is 10.3 Å². The summed E-state index contributed by atoms with van der Waals surface area (Å²) in [6.07, 6.45) is 1.13. The van der Waals surface area contributed by atoms with Gasteiger partial charge in [0, 0.05) is 30.6 Å². The van der Waals surface area contributed by atoms with Gasteiger partial charge in [-0.3, -0.25) is 9.69 Å². The van der Waals surface area contributed by atoms with Crippen LogP contribution in [0.3, 0.4) is 0 Å². The Morgan fingerprint density at radius 2 is 1.97 bits per heavy atom. The van der Waals surface area contributed by atoms with Crippen LogP contribution in [0, 0.1) is 11.7 Å². The third-order valence-electron chi connectivity index (χ3n) is 6.00. The molecular formula is C22H28F3N3O3S. The number of H-pyrrole nitrogens is 1. The number of fused-ring (bicyclic) bond motifs is 1. The number of thioether (sulfide) groups is 1. The highest BCUT2D eigenvalue weighted by Crippen LogP contribution is 2.26. The number of rotatable bonds is 8. The van der Waals surface area contributed by atoms with Crippen molar-refractivity contribution >= 4 is 22.7 Å². The molecule has 0 aliphatic carbocycles. The monoisotopic (exact) mass is 471 g/mol. The van der Waals surface area contributed by atoms with Crippen LogP contribution in [0.2, 0.25) is 0 Å². The molecule has 2 aromatic rings. The number of piperidine rings is 1. The molecule has 10 heteroatoms. The maximum Gasteiger partial charge on any atom is 0.261 e. The molecule has 2 fully saturated rings. The second-order valence-electron chi connectivity index (χ2n) is 8.38. The smallest absolute Gasteiger partial charge is 0.261 e. The van der Waals surface area contributed by atoms with E-state index in [9.17, 15) is 18.0 Å². The molecule has 1 aromatic carbocycles. The lowest BCUT2D eigenvalue weighted by Gasteiger charge is -2.31. The number of nitrogens with zero attached hydrogens (tertiary/aromatic N) is 2. The minimum atomic E-state index is -2.32. The maximum absolute atomic E-state index is 14.6. The van der Waals surface area contributed by atoms with E-state index >= 15 is 0 Å². The Bertz CT molecular complexity index is 961. The van der Waals surface area contributed by atoms with E-state index in [2.05, 4.69) is 9.97 Å². The van der Waals surface area contributed by atoms with Gasteiger partial charge in [0.15, 0.2) is 0 Å². The highest BCUT2D eigenvalue weighted by atomic mass is 32.2. The molecule has 6 nitrogen and oxygen atoms in total. The van der Waals surface area contributed by atoms with E-state index < -0.39 is 17.8 Å². The first-order valence-electron chi connectivity index (χ1n) is 11.0. The van der Waals surface area contributed by atoms with Crippen molar-refractivity contribution in [3.63, 3.8) is 0 Å². The Morgan fingerprint density at radius 3 is 2.69 bits per heavy atom. The molecule has 0 bridgehead atoms. The van der Waals surface area contributed by atoms with Crippen LogP contribution in [0.25, 0.3) is 10.9 Å². The predicted molar refractivity (Wildman–Crippen MR) is 118 cm³/mol. The topological polar surface area (TPSA) is 67.5 Å². The van der Waals surface area contributed by atoms with Crippen molar-refractivity contribution in [2.45, 2.75) is 43.1 Å². The third kappa shape index (κ3) is 6.17. The van der Waals surface area contributed by atoms with Crippen LogP contribution in [-0.4, -0.2) is 66.0 Å². The predicted octanol–water partition coefficient (Wildman–Crippen LogP) is 3.83. The number of likely N-dealkylation sites (tertiary alicyclic amines) is 1. The van der Waals surface area contributed by atoms with Gasteiger partial charge >= 0.3 is 0 Å². The second-order valence-corrected chi connectivity index (χ2v) is 9.67. The first-order chi connectivity index (χ1) is 15.5. The molecule has 2 aliphatic heterocycles. The third-order valence-corrected chi connectivity index (χ3v) is 7.38. The summed E-state index contributed by atoms with van der Waals surface area (Å²) in [5.41, 5.74) is -0.217. The number of alkyl halides is 2. The zero-order valence-electron chi connectivity index (χ0n) is 17.8. The average Bonchev–Trinajstić information content (AvgIpc) is 2.77. The minimum absolute atomic E-state index is 0.0718. The van der Waals surface area contributed by atoms with Gasteiger partial charge in [0.1, 0.15) is 22.8 Å². The summed E-state index contributed by atoms with van der Waals surface area (Å²) >= 11 is 1.72. The first kappa shape index (κ1) is 23.4. The summed E-state index contributed by atoms with van der Waals surface area (Å²) in [7, 11) is 0. The number of hydrogen-bond donors (Lipinski definition) is 1. The Hall–Kier alpha value is -1.78. The number of aromatic nitrogens is 2. The highest BCUT2D eigenvalue weighted by Gasteiger charge is 2.22. The molecule has 176 valence electrons. The second kappa shape index (κ2) is 10.9. The van der Waals surface area contributed by atoms with Gasteiger partial charge in [-0.05, 0) is 44.7 Å². The Morgan fingerprint density at radius 1 is 1.22 bits per heavy atom. The van der Waals surface area contributed by atoms with Crippen LogP contribution in [0.1, 0.15) is 31.5 Å². The number of hydrogen-bond acceptors (Lipinski definition) is 6. The fraction of sp³-hybridized carbons (Fsp3) is 0.636. The highest BCUT2D eigenvalue weighted by molar-refractivity contribution is 7.99. The Labute approximate surface area is 188 Å². The molecule has 2 saturated heterocycles. The molecule has 4 rings (SSSR count).